The molecule has 0 spiro atoms. The van der Waals surface area contributed by atoms with Crippen molar-refractivity contribution < 1.29 is 23.4 Å². The molecule has 6 heteroatoms. The zero-order valence-corrected chi connectivity index (χ0v) is 20.6. The third-order valence-electron chi connectivity index (χ3n) is 6.83. The van der Waals surface area contributed by atoms with Gasteiger partial charge in [0.25, 0.3) is 8.32 Å². The Kier molecular flexibility index (Phi) is 6.59. The maximum atomic E-state index is 11.8. The summed E-state index contributed by atoms with van der Waals surface area (Å²) in [6, 6.07) is 21.3. The number of hydrogen-bond acceptors (Lipinski definition) is 5. The lowest BCUT2D eigenvalue weighted by Gasteiger charge is -2.45. The summed E-state index contributed by atoms with van der Waals surface area (Å²) in [4.78, 5) is 11.8. The van der Waals surface area contributed by atoms with Crippen LogP contribution in [0.5, 0.6) is 0 Å². The van der Waals surface area contributed by atoms with Crippen LogP contribution in [0.4, 0.5) is 0 Å². The Morgan fingerprint density at radius 2 is 1.50 bits per heavy atom. The van der Waals surface area contributed by atoms with Gasteiger partial charge in [0.15, 0.2) is 6.29 Å². The average Bonchev–Trinajstić information content (AvgIpc) is 3.32. The average molecular weight is 455 g/mol. The largest absolute Gasteiger partial charge is 0.460 e. The molecular formula is C26H34O5Si. The molecule has 2 aromatic rings. The van der Waals surface area contributed by atoms with Gasteiger partial charge in [0, 0.05) is 32.8 Å². The van der Waals surface area contributed by atoms with Crippen molar-refractivity contribution in [2.45, 2.75) is 70.2 Å². The van der Waals surface area contributed by atoms with Gasteiger partial charge in [-0.15, -0.1) is 0 Å². The number of benzene rings is 2. The SMILES string of the molecule is COC1C[C@@H]2[C@H](O1)[C@H](OC(C)=O)C[C@H]2O[Si](c1ccccc1)(c1ccccc1)C(C)(C)C. The summed E-state index contributed by atoms with van der Waals surface area (Å²) in [6.07, 6.45) is 0.467. The lowest BCUT2D eigenvalue weighted by molar-refractivity contribution is -0.166. The number of fused-ring (bicyclic) bond motifs is 1. The zero-order chi connectivity index (χ0) is 22.9. The van der Waals surface area contributed by atoms with Crippen molar-refractivity contribution in [3.63, 3.8) is 0 Å². The number of methoxy groups -OCH3 is 1. The summed E-state index contributed by atoms with van der Waals surface area (Å²) in [5.74, 6) is -0.171. The third kappa shape index (κ3) is 4.17. The standard InChI is InChI=1S/C26H34O5Si/c1-18(27)29-23-17-22(21-16-24(28-5)30-25(21)23)31-32(26(2,3)4,19-12-8-6-9-13-19)20-14-10-7-11-15-20/h6-15,21-25H,16-17H2,1-5H3/t21-,22+,23+,24?,25-/m0/s1. The molecule has 32 heavy (non-hydrogen) atoms. The number of carbonyl (C=O) groups is 1. The van der Waals surface area contributed by atoms with E-state index in [-0.39, 0.29) is 41.5 Å². The Hall–Kier alpha value is -1.99. The van der Waals surface area contributed by atoms with Crippen LogP contribution in [-0.4, -0.2) is 46.0 Å². The number of carbonyl (C=O) groups excluding carboxylic acids is 1. The molecule has 0 N–H and O–H groups in total. The molecule has 1 saturated heterocycles. The maximum absolute atomic E-state index is 11.8. The lowest BCUT2D eigenvalue weighted by atomic mass is 10.0. The van der Waals surface area contributed by atoms with Crippen molar-refractivity contribution in [2.24, 2.45) is 5.92 Å². The van der Waals surface area contributed by atoms with Crippen molar-refractivity contribution in [3.05, 3.63) is 60.7 Å². The second-order valence-corrected chi connectivity index (χ2v) is 14.1. The summed E-state index contributed by atoms with van der Waals surface area (Å²) >= 11 is 0. The van der Waals surface area contributed by atoms with Gasteiger partial charge in [-0.25, -0.2) is 0 Å². The predicted octanol–water partition coefficient (Wildman–Crippen LogP) is 3.64. The van der Waals surface area contributed by atoms with E-state index in [0.717, 1.165) is 6.42 Å². The van der Waals surface area contributed by atoms with Crippen molar-refractivity contribution >= 4 is 24.7 Å². The number of rotatable bonds is 6. The Labute approximate surface area is 192 Å². The van der Waals surface area contributed by atoms with Crippen LogP contribution >= 0.6 is 0 Å². The normalized spacial score (nSPS) is 27.8. The second-order valence-electron chi connectivity index (χ2n) is 9.87. The van der Waals surface area contributed by atoms with Crippen molar-refractivity contribution in [3.8, 4) is 0 Å². The van der Waals surface area contributed by atoms with Crippen molar-refractivity contribution in [2.75, 3.05) is 7.11 Å². The summed E-state index contributed by atoms with van der Waals surface area (Å²) in [7, 11) is -1.06. The van der Waals surface area contributed by atoms with Crippen LogP contribution in [0.15, 0.2) is 60.7 Å². The zero-order valence-electron chi connectivity index (χ0n) is 19.6. The fourth-order valence-corrected chi connectivity index (χ4v) is 10.2. The number of hydrogen-bond donors (Lipinski definition) is 0. The minimum absolute atomic E-state index is 0.0872. The molecule has 0 amide bonds. The van der Waals surface area contributed by atoms with Gasteiger partial charge < -0.3 is 18.6 Å². The highest BCUT2D eigenvalue weighted by atomic mass is 28.4. The molecule has 1 aliphatic carbocycles. The maximum Gasteiger partial charge on any atom is 0.302 e. The van der Waals surface area contributed by atoms with Crippen molar-refractivity contribution in [1.82, 2.24) is 0 Å². The molecule has 4 rings (SSSR count). The number of ether oxygens (including phenoxy) is 3. The molecule has 0 bridgehead atoms. The Morgan fingerprint density at radius 3 is 1.97 bits per heavy atom. The first-order valence-corrected chi connectivity index (χ1v) is 13.3. The van der Waals surface area contributed by atoms with E-state index >= 15 is 0 Å². The van der Waals surface area contributed by atoms with Crippen LogP contribution in [0.3, 0.4) is 0 Å². The van der Waals surface area contributed by atoms with E-state index in [1.54, 1.807) is 7.11 Å². The Morgan fingerprint density at radius 1 is 0.938 bits per heavy atom. The van der Waals surface area contributed by atoms with Gasteiger partial charge >= 0.3 is 5.97 Å². The molecule has 1 saturated carbocycles. The van der Waals surface area contributed by atoms with Crippen LogP contribution in [0.1, 0.15) is 40.5 Å². The fraction of sp³-hybridized carbons (Fsp3) is 0.500. The van der Waals surface area contributed by atoms with Crippen molar-refractivity contribution in [1.29, 1.82) is 0 Å². The van der Waals surface area contributed by atoms with E-state index in [2.05, 4.69) is 69.3 Å². The smallest absolute Gasteiger partial charge is 0.302 e. The minimum atomic E-state index is -2.71. The highest BCUT2D eigenvalue weighted by Crippen LogP contribution is 2.46. The Bertz CT molecular complexity index is 871. The molecular weight excluding hydrogens is 420 g/mol. The monoisotopic (exact) mass is 454 g/mol. The molecule has 2 aliphatic rings. The van der Waals surface area contributed by atoms with Gasteiger partial charge in [-0.3, -0.25) is 4.79 Å². The summed E-state index contributed by atoms with van der Waals surface area (Å²) < 4.78 is 24.7. The molecule has 0 radical (unpaired) electrons. The molecule has 172 valence electrons. The second kappa shape index (κ2) is 9.10. The van der Waals surface area contributed by atoms with Crippen LogP contribution in [0, 0.1) is 5.92 Å². The van der Waals surface area contributed by atoms with Gasteiger partial charge in [0.05, 0.1) is 6.10 Å². The highest BCUT2D eigenvalue weighted by molar-refractivity contribution is 6.99. The van der Waals surface area contributed by atoms with Crippen LogP contribution in [0.2, 0.25) is 5.04 Å². The summed E-state index contributed by atoms with van der Waals surface area (Å²) in [5, 5.41) is 2.37. The molecule has 1 heterocycles. The molecule has 5 atom stereocenters. The van der Waals surface area contributed by atoms with E-state index < -0.39 is 8.32 Å². The molecule has 5 nitrogen and oxygen atoms in total. The predicted molar refractivity (Wildman–Crippen MR) is 126 cm³/mol. The topological polar surface area (TPSA) is 54.0 Å². The van der Waals surface area contributed by atoms with E-state index in [4.69, 9.17) is 18.6 Å². The third-order valence-corrected chi connectivity index (χ3v) is 11.9. The summed E-state index contributed by atoms with van der Waals surface area (Å²) in [5.41, 5.74) is 0. The van der Waals surface area contributed by atoms with Gasteiger partial charge in [0.1, 0.15) is 12.2 Å². The van der Waals surface area contributed by atoms with Gasteiger partial charge in [-0.05, 0) is 15.4 Å². The van der Waals surface area contributed by atoms with Gasteiger partial charge in [-0.2, -0.15) is 0 Å². The fourth-order valence-electron chi connectivity index (χ4n) is 5.49. The van der Waals surface area contributed by atoms with Gasteiger partial charge in [-0.1, -0.05) is 81.4 Å². The van der Waals surface area contributed by atoms with E-state index in [1.165, 1.54) is 17.3 Å². The first-order chi connectivity index (χ1) is 15.3. The van der Waals surface area contributed by atoms with Crippen LogP contribution in [0.25, 0.3) is 0 Å². The van der Waals surface area contributed by atoms with E-state index in [1.807, 2.05) is 12.1 Å². The summed E-state index contributed by atoms with van der Waals surface area (Å²) in [6.45, 7) is 8.28. The minimum Gasteiger partial charge on any atom is -0.460 e. The Balaban J connectivity index is 1.78. The molecule has 0 aromatic heterocycles. The first kappa shape index (κ1) is 23.2. The van der Waals surface area contributed by atoms with Crippen LogP contribution < -0.4 is 10.4 Å². The number of esters is 1. The molecule has 2 fully saturated rings. The lowest BCUT2D eigenvalue weighted by Crippen LogP contribution is -2.68. The van der Waals surface area contributed by atoms with E-state index in [9.17, 15) is 4.79 Å². The quantitative estimate of drug-likeness (QED) is 0.493. The van der Waals surface area contributed by atoms with Crippen LogP contribution in [-0.2, 0) is 23.4 Å². The van der Waals surface area contributed by atoms with E-state index in [0.29, 0.717) is 6.42 Å². The van der Waals surface area contributed by atoms with Gasteiger partial charge in [0.2, 0.25) is 0 Å². The first-order valence-electron chi connectivity index (χ1n) is 11.4. The molecule has 1 aliphatic heterocycles. The molecule has 2 aromatic carbocycles. The highest BCUT2D eigenvalue weighted by Gasteiger charge is 2.58. The molecule has 1 unspecified atom stereocenters.